The maximum atomic E-state index is 12.2. The first-order valence-corrected chi connectivity index (χ1v) is 8.00. The number of hydrogen-bond donors (Lipinski definition) is 3. The number of carbonyl (C=O) groups excluding carboxylic acids is 2. The van der Waals surface area contributed by atoms with Crippen LogP contribution in [0.15, 0.2) is 18.2 Å². The molecule has 136 valence electrons. The van der Waals surface area contributed by atoms with Gasteiger partial charge in [-0.05, 0) is 18.2 Å². The number of carbonyl (C=O) groups is 3. The lowest BCUT2D eigenvalue weighted by Crippen LogP contribution is -2.47. The molecule has 0 aromatic heterocycles. The maximum Gasteiger partial charge on any atom is 0.332 e. The fraction of sp³-hybridized carbons (Fsp3) is 0.400. The van der Waals surface area contributed by atoms with Gasteiger partial charge in [0.2, 0.25) is 6.10 Å². The van der Waals surface area contributed by atoms with Gasteiger partial charge in [-0.25, -0.2) is 4.79 Å². The van der Waals surface area contributed by atoms with E-state index in [1.807, 2.05) is 0 Å². The van der Waals surface area contributed by atoms with Gasteiger partial charge in [0.15, 0.2) is 6.10 Å². The van der Waals surface area contributed by atoms with Crippen molar-refractivity contribution in [2.24, 2.45) is 0 Å². The van der Waals surface area contributed by atoms with Gasteiger partial charge < -0.3 is 25.2 Å². The molecule has 1 aromatic carbocycles. The molecule has 1 fully saturated rings. The largest absolute Gasteiger partial charge is 0.479 e. The van der Waals surface area contributed by atoms with Gasteiger partial charge in [0, 0.05) is 29.3 Å². The summed E-state index contributed by atoms with van der Waals surface area (Å²) in [7, 11) is 1.21. The third-order valence-corrected chi connectivity index (χ3v) is 3.90. The molecule has 2 amide bonds. The van der Waals surface area contributed by atoms with E-state index in [2.05, 4.69) is 10.6 Å². The Hall–Kier alpha value is -1.87. The van der Waals surface area contributed by atoms with Crippen LogP contribution in [0.4, 0.5) is 5.69 Å². The molecule has 25 heavy (non-hydrogen) atoms. The molecule has 10 heteroatoms. The van der Waals surface area contributed by atoms with E-state index in [4.69, 9.17) is 37.8 Å². The summed E-state index contributed by atoms with van der Waals surface area (Å²) in [5, 5.41) is 14.5. The second kappa shape index (κ2) is 8.48. The van der Waals surface area contributed by atoms with Crippen LogP contribution in [0.1, 0.15) is 6.42 Å². The van der Waals surface area contributed by atoms with Crippen molar-refractivity contribution in [1.29, 1.82) is 0 Å². The zero-order valence-electron chi connectivity index (χ0n) is 13.1. The standard InChI is InChI=1S/C15H16Cl2N2O6/c1-24-12(13(20)18-9-3-7(16)2-8(17)4-9)14(21)19-10-5-11(15(22)23)25-6-10/h2-4,10-12H,5-6H2,1H3,(H,18,20)(H,19,21)(H,22,23)/t10-,11?,12?/m1/s1. The van der Waals surface area contributed by atoms with Crippen LogP contribution in [-0.2, 0) is 23.9 Å². The summed E-state index contributed by atoms with van der Waals surface area (Å²) in [5.41, 5.74) is 0.312. The number of rotatable bonds is 6. The first kappa shape index (κ1) is 19.5. The lowest BCUT2D eigenvalue weighted by atomic mass is 10.1. The highest BCUT2D eigenvalue weighted by atomic mass is 35.5. The Balaban J connectivity index is 1.97. The topological polar surface area (TPSA) is 114 Å². The molecule has 0 saturated carbocycles. The lowest BCUT2D eigenvalue weighted by Gasteiger charge is -2.18. The zero-order chi connectivity index (χ0) is 18.6. The summed E-state index contributed by atoms with van der Waals surface area (Å²) >= 11 is 11.7. The van der Waals surface area contributed by atoms with Gasteiger partial charge in [0.25, 0.3) is 11.8 Å². The van der Waals surface area contributed by atoms with Crippen molar-refractivity contribution >= 4 is 46.7 Å². The molecule has 3 atom stereocenters. The van der Waals surface area contributed by atoms with E-state index in [1.54, 1.807) is 0 Å². The van der Waals surface area contributed by atoms with Gasteiger partial charge in [-0.2, -0.15) is 0 Å². The van der Waals surface area contributed by atoms with E-state index in [9.17, 15) is 14.4 Å². The van der Waals surface area contributed by atoms with Crippen LogP contribution in [0, 0.1) is 0 Å². The van der Waals surface area contributed by atoms with Crippen molar-refractivity contribution in [2.75, 3.05) is 19.0 Å². The molecule has 8 nitrogen and oxygen atoms in total. The van der Waals surface area contributed by atoms with Gasteiger partial charge >= 0.3 is 5.97 Å². The third-order valence-electron chi connectivity index (χ3n) is 3.46. The predicted octanol–water partition coefficient (Wildman–Crippen LogP) is 1.31. The molecule has 1 saturated heterocycles. The number of benzene rings is 1. The van der Waals surface area contributed by atoms with Crippen LogP contribution in [0.25, 0.3) is 0 Å². The fourth-order valence-electron chi connectivity index (χ4n) is 2.34. The second-order valence-electron chi connectivity index (χ2n) is 5.36. The monoisotopic (exact) mass is 390 g/mol. The minimum atomic E-state index is -1.43. The van der Waals surface area contributed by atoms with Crippen LogP contribution >= 0.6 is 23.2 Å². The third kappa shape index (κ3) is 5.30. The van der Waals surface area contributed by atoms with Crippen LogP contribution in [0.2, 0.25) is 10.0 Å². The van der Waals surface area contributed by atoms with Crippen molar-refractivity contribution in [3.63, 3.8) is 0 Å². The highest BCUT2D eigenvalue weighted by Gasteiger charge is 2.34. The normalized spacial score (nSPS) is 20.8. The van der Waals surface area contributed by atoms with Crippen molar-refractivity contribution in [3.8, 4) is 0 Å². The number of hydrogen-bond acceptors (Lipinski definition) is 5. The SMILES string of the molecule is COC(C(=O)Nc1cc(Cl)cc(Cl)c1)C(=O)N[C@H]1COC(C(=O)O)C1. The molecule has 1 aromatic rings. The Bertz CT molecular complexity index is 664. The fourth-order valence-corrected chi connectivity index (χ4v) is 2.87. The van der Waals surface area contributed by atoms with Gasteiger partial charge in [-0.15, -0.1) is 0 Å². The molecule has 0 radical (unpaired) electrons. The first-order chi connectivity index (χ1) is 11.8. The van der Waals surface area contributed by atoms with Crippen molar-refractivity contribution in [3.05, 3.63) is 28.2 Å². The summed E-state index contributed by atoms with van der Waals surface area (Å²) in [6.07, 6.45) is -2.29. The maximum absolute atomic E-state index is 12.2. The first-order valence-electron chi connectivity index (χ1n) is 7.24. The van der Waals surface area contributed by atoms with Crippen molar-refractivity contribution in [2.45, 2.75) is 24.7 Å². The van der Waals surface area contributed by atoms with Crippen molar-refractivity contribution < 1.29 is 29.0 Å². The second-order valence-corrected chi connectivity index (χ2v) is 6.24. The molecule has 1 aliphatic rings. The summed E-state index contributed by atoms with van der Waals surface area (Å²) < 4.78 is 9.98. The molecule has 3 N–H and O–H groups in total. The quantitative estimate of drug-likeness (QED) is 0.630. The van der Waals surface area contributed by atoms with Gasteiger partial charge in [0.05, 0.1) is 12.6 Å². The molecular weight excluding hydrogens is 375 g/mol. The molecule has 0 aliphatic carbocycles. The summed E-state index contributed by atoms with van der Waals surface area (Å²) in [4.78, 5) is 35.3. The Labute approximate surface area is 153 Å². The summed E-state index contributed by atoms with van der Waals surface area (Å²) in [6.45, 7) is 0.0463. The Kier molecular flexibility index (Phi) is 6.60. The molecule has 2 unspecified atom stereocenters. The number of anilines is 1. The van der Waals surface area contributed by atoms with E-state index in [0.29, 0.717) is 15.7 Å². The Morgan fingerprint density at radius 1 is 1.24 bits per heavy atom. The van der Waals surface area contributed by atoms with Crippen LogP contribution in [0.5, 0.6) is 0 Å². The number of carboxylic acid groups (broad SMARTS) is 1. The van der Waals surface area contributed by atoms with E-state index in [0.717, 1.165) is 0 Å². The van der Waals surface area contributed by atoms with Gasteiger partial charge in [0.1, 0.15) is 0 Å². The average molecular weight is 391 g/mol. The molecule has 1 aliphatic heterocycles. The molecule has 0 bridgehead atoms. The average Bonchev–Trinajstić information content (AvgIpc) is 2.95. The highest BCUT2D eigenvalue weighted by Crippen LogP contribution is 2.22. The molecule has 0 spiro atoms. The van der Waals surface area contributed by atoms with E-state index < -0.39 is 36.0 Å². The number of ether oxygens (including phenoxy) is 2. The predicted molar refractivity (Wildman–Crippen MR) is 89.8 cm³/mol. The number of nitrogens with one attached hydrogen (secondary N) is 2. The van der Waals surface area contributed by atoms with E-state index in [-0.39, 0.29) is 13.0 Å². The van der Waals surface area contributed by atoms with Crippen LogP contribution < -0.4 is 10.6 Å². The smallest absolute Gasteiger partial charge is 0.332 e. The Morgan fingerprint density at radius 3 is 2.40 bits per heavy atom. The summed E-state index contributed by atoms with van der Waals surface area (Å²) in [6, 6.07) is 3.92. The number of aliphatic carboxylic acids is 1. The minimum Gasteiger partial charge on any atom is -0.479 e. The number of halogens is 2. The highest BCUT2D eigenvalue weighted by molar-refractivity contribution is 6.35. The van der Waals surface area contributed by atoms with Crippen LogP contribution in [0.3, 0.4) is 0 Å². The number of methoxy groups -OCH3 is 1. The minimum absolute atomic E-state index is 0.0463. The lowest BCUT2D eigenvalue weighted by molar-refractivity contribution is -0.147. The summed E-state index contributed by atoms with van der Waals surface area (Å²) in [5.74, 6) is -2.52. The van der Waals surface area contributed by atoms with E-state index >= 15 is 0 Å². The van der Waals surface area contributed by atoms with Gasteiger partial charge in [-0.3, -0.25) is 9.59 Å². The van der Waals surface area contributed by atoms with Crippen LogP contribution in [-0.4, -0.2) is 54.9 Å². The number of carboxylic acids is 1. The van der Waals surface area contributed by atoms with Crippen molar-refractivity contribution in [1.82, 2.24) is 5.32 Å². The zero-order valence-corrected chi connectivity index (χ0v) is 14.6. The molecule has 1 heterocycles. The number of amides is 2. The molecule has 2 rings (SSSR count). The molecular formula is C15H16Cl2N2O6. The van der Waals surface area contributed by atoms with Gasteiger partial charge in [-0.1, -0.05) is 23.2 Å². The van der Waals surface area contributed by atoms with E-state index in [1.165, 1.54) is 25.3 Å². The Morgan fingerprint density at radius 2 is 1.88 bits per heavy atom.